The number of carbonyl (C=O) groups excluding carboxylic acids is 1. The molecule has 4 aromatic rings. The molecule has 0 unspecified atom stereocenters. The summed E-state index contributed by atoms with van der Waals surface area (Å²) in [5.41, 5.74) is 10.8. The van der Waals surface area contributed by atoms with Crippen LogP contribution in [0.4, 0.5) is 10.3 Å². The van der Waals surface area contributed by atoms with Gasteiger partial charge in [0.15, 0.2) is 0 Å². The summed E-state index contributed by atoms with van der Waals surface area (Å²) in [4.78, 5) is 15.8. The van der Waals surface area contributed by atoms with Gasteiger partial charge < -0.3 is 19.1 Å². The topological polar surface area (TPSA) is 82.8 Å². The Balaban J connectivity index is 1.59. The first-order valence-corrected chi connectivity index (χ1v) is 12.6. The molecule has 0 aliphatic carbocycles. The van der Waals surface area contributed by atoms with Gasteiger partial charge in [0.2, 0.25) is 0 Å². The number of ether oxygens (including phenoxy) is 3. The van der Waals surface area contributed by atoms with E-state index in [-0.39, 0.29) is 11.7 Å². The van der Waals surface area contributed by atoms with Crippen LogP contribution >= 0.6 is 0 Å². The highest BCUT2D eigenvalue weighted by molar-refractivity contribution is 6.00. The molecule has 0 saturated heterocycles. The van der Waals surface area contributed by atoms with Crippen LogP contribution in [0.15, 0.2) is 60.9 Å². The molecule has 2 N–H and O–H groups in total. The van der Waals surface area contributed by atoms with Crippen molar-refractivity contribution in [2.24, 2.45) is 7.05 Å². The summed E-state index contributed by atoms with van der Waals surface area (Å²) in [6.07, 6.45) is 3.77. The van der Waals surface area contributed by atoms with Gasteiger partial charge in [0, 0.05) is 18.2 Å². The van der Waals surface area contributed by atoms with Crippen LogP contribution in [-0.4, -0.2) is 42.7 Å². The second-order valence-corrected chi connectivity index (χ2v) is 9.67. The number of methoxy groups -OCH3 is 2. The normalized spacial score (nSPS) is 13.1. The first kappa shape index (κ1) is 26.1. The van der Waals surface area contributed by atoms with Crippen molar-refractivity contribution in [2.45, 2.75) is 20.0 Å². The molecule has 0 fully saturated rings. The molecule has 9 heteroatoms. The molecule has 3 aromatic carbocycles. The van der Waals surface area contributed by atoms with Crippen molar-refractivity contribution < 1.29 is 28.0 Å². The minimum Gasteiger partial charge on any atom is -0.497 e. The lowest BCUT2D eigenvalue weighted by Crippen LogP contribution is -2.32. The fourth-order valence-corrected chi connectivity index (χ4v) is 4.95. The number of anilines is 1. The van der Waals surface area contributed by atoms with Crippen molar-refractivity contribution in [2.75, 3.05) is 33.1 Å². The summed E-state index contributed by atoms with van der Waals surface area (Å²) in [5, 5.41) is 0. The molecule has 1 aliphatic rings. The Morgan fingerprint density at radius 2 is 1.67 bits per heavy atom. The number of aryl methyl sites for hydroxylation is 2. The lowest BCUT2D eigenvalue weighted by atomic mass is 9.94. The molecule has 0 saturated carbocycles. The lowest BCUT2D eigenvalue weighted by molar-refractivity contribution is -0.656. The van der Waals surface area contributed by atoms with E-state index in [1.165, 1.54) is 12.1 Å². The number of halogens is 1. The van der Waals surface area contributed by atoms with E-state index in [9.17, 15) is 9.18 Å². The summed E-state index contributed by atoms with van der Waals surface area (Å²) in [7, 11) is 5.06. The molecule has 0 radical (unpaired) electrons. The van der Waals surface area contributed by atoms with Gasteiger partial charge in [-0.3, -0.25) is 10.5 Å². The maximum absolute atomic E-state index is 14.0. The van der Waals surface area contributed by atoms with E-state index in [1.54, 1.807) is 31.3 Å². The number of fused-ring (bicyclic) bond motifs is 1. The highest BCUT2D eigenvalue weighted by Crippen LogP contribution is 2.39. The van der Waals surface area contributed by atoms with Crippen LogP contribution in [0.5, 0.6) is 17.2 Å². The number of nitrogens with two attached hydrogens (primary N) is 1. The third-order valence-electron chi connectivity index (χ3n) is 7.02. The highest BCUT2D eigenvalue weighted by atomic mass is 19.1. The second-order valence-electron chi connectivity index (χ2n) is 9.67. The molecular weight excluding hydrogens is 499 g/mol. The first-order valence-electron chi connectivity index (χ1n) is 12.6. The van der Waals surface area contributed by atoms with Gasteiger partial charge >= 0.3 is 5.95 Å². The van der Waals surface area contributed by atoms with Gasteiger partial charge in [-0.25, -0.2) is 13.5 Å². The van der Waals surface area contributed by atoms with E-state index in [4.69, 9.17) is 19.9 Å². The quantitative estimate of drug-likeness (QED) is 0.363. The van der Waals surface area contributed by atoms with Crippen molar-refractivity contribution in [3.8, 4) is 28.4 Å². The Kier molecular flexibility index (Phi) is 7.15. The van der Waals surface area contributed by atoms with Gasteiger partial charge in [0.05, 0.1) is 52.3 Å². The minimum absolute atomic E-state index is 0.154. The molecule has 39 heavy (non-hydrogen) atoms. The molecular formula is C30H32FN4O4+. The number of imidazole rings is 1. The SMILES string of the molecule is COc1cc(CN2CCOc3c(cc(Cn4cc[n+](C)c4N)cc3-c3ccc(F)cc3C)C2=O)cc(OC)c1. The third kappa shape index (κ3) is 5.25. The van der Waals surface area contributed by atoms with Crippen LogP contribution in [0.3, 0.4) is 0 Å². The number of nitrogens with zero attached hydrogens (tertiary/aromatic N) is 3. The van der Waals surface area contributed by atoms with Crippen molar-refractivity contribution in [3.63, 3.8) is 0 Å². The molecule has 1 aliphatic heterocycles. The largest absolute Gasteiger partial charge is 0.497 e. The maximum atomic E-state index is 14.0. The zero-order valence-corrected chi connectivity index (χ0v) is 22.5. The van der Waals surface area contributed by atoms with Crippen molar-refractivity contribution in [3.05, 3.63) is 89.0 Å². The Hall–Kier alpha value is -4.53. The maximum Gasteiger partial charge on any atom is 0.355 e. The highest BCUT2D eigenvalue weighted by Gasteiger charge is 2.28. The smallest absolute Gasteiger partial charge is 0.355 e. The number of amides is 1. The molecule has 0 bridgehead atoms. The fraction of sp³-hybridized carbons (Fsp3) is 0.267. The van der Waals surface area contributed by atoms with Crippen LogP contribution < -0.4 is 24.5 Å². The molecule has 1 aromatic heterocycles. The van der Waals surface area contributed by atoms with E-state index < -0.39 is 0 Å². The average Bonchev–Trinajstić information content (AvgIpc) is 3.15. The predicted octanol–water partition coefficient (Wildman–Crippen LogP) is 4.11. The molecule has 8 nitrogen and oxygen atoms in total. The average molecular weight is 532 g/mol. The number of benzene rings is 3. The molecule has 2 heterocycles. The van der Waals surface area contributed by atoms with Gasteiger partial charge in [0.1, 0.15) is 29.7 Å². The fourth-order valence-electron chi connectivity index (χ4n) is 4.95. The first-order chi connectivity index (χ1) is 18.8. The van der Waals surface area contributed by atoms with Crippen molar-refractivity contribution >= 4 is 11.9 Å². The van der Waals surface area contributed by atoms with E-state index >= 15 is 0 Å². The lowest BCUT2D eigenvalue weighted by Gasteiger charge is -2.21. The Morgan fingerprint density at radius 1 is 0.974 bits per heavy atom. The number of aromatic nitrogens is 2. The summed E-state index contributed by atoms with van der Waals surface area (Å²) in [6.45, 7) is 3.36. The van der Waals surface area contributed by atoms with Crippen molar-refractivity contribution in [1.29, 1.82) is 0 Å². The summed E-state index contributed by atoms with van der Waals surface area (Å²) in [6, 6.07) is 14.1. The van der Waals surface area contributed by atoms with Gasteiger partial charge in [-0.05, 0) is 65.6 Å². The standard InChI is InChI=1S/C30H31FN4O4/c1-19-11-22(31)5-6-25(19)26-14-21(18-35-8-7-33(2)30(35)32)15-27-28(26)39-10-9-34(29(27)36)17-20-12-23(37-3)16-24(13-20)38-4/h5-8,11-16,32H,9-10,17-18H2,1-4H3/p+1. The molecule has 5 rings (SSSR count). The zero-order valence-electron chi connectivity index (χ0n) is 22.5. The van der Waals surface area contributed by atoms with Crippen LogP contribution in [0, 0.1) is 12.7 Å². The number of hydrogen-bond donors (Lipinski definition) is 1. The van der Waals surface area contributed by atoms with E-state index in [0.717, 1.165) is 27.8 Å². The van der Waals surface area contributed by atoms with Crippen molar-refractivity contribution in [1.82, 2.24) is 9.47 Å². The predicted molar refractivity (Wildman–Crippen MR) is 145 cm³/mol. The summed E-state index contributed by atoms with van der Waals surface area (Å²) in [5.74, 6) is 1.91. The van der Waals surface area contributed by atoms with Crippen LogP contribution in [0.25, 0.3) is 11.1 Å². The molecule has 1 amide bonds. The van der Waals surface area contributed by atoms with Gasteiger partial charge in [0.25, 0.3) is 5.91 Å². The van der Waals surface area contributed by atoms with Crippen LogP contribution in [-0.2, 0) is 20.1 Å². The number of carbonyl (C=O) groups is 1. The number of hydrogen-bond acceptors (Lipinski definition) is 5. The Morgan fingerprint density at radius 3 is 2.31 bits per heavy atom. The van der Waals surface area contributed by atoms with E-state index in [1.807, 2.05) is 59.8 Å². The molecule has 0 spiro atoms. The number of nitrogen functional groups attached to an aromatic ring is 1. The monoisotopic (exact) mass is 531 g/mol. The van der Waals surface area contributed by atoms with Gasteiger partial charge in [-0.1, -0.05) is 6.07 Å². The number of rotatable bonds is 7. The zero-order chi connectivity index (χ0) is 27.7. The van der Waals surface area contributed by atoms with Gasteiger partial charge in [-0.2, -0.15) is 0 Å². The molecule has 202 valence electrons. The minimum atomic E-state index is -0.317. The molecule has 0 atom stereocenters. The Bertz CT molecular complexity index is 1530. The van der Waals surface area contributed by atoms with E-state index in [2.05, 4.69) is 0 Å². The Labute approximate surface area is 226 Å². The van der Waals surface area contributed by atoms with Crippen LogP contribution in [0.1, 0.15) is 27.0 Å². The summed E-state index contributed by atoms with van der Waals surface area (Å²) >= 11 is 0. The van der Waals surface area contributed by atoms with Crippen LogP contribution in [0.2, 0.25) is 0 Å². The second kappa shape index (κ2) is 10.7. The third-order valence-corrected chi connectivity index (χ3v) is 7.02. The van der Waals surface area contributed by atoms with Gasteiger partial charge in [-0.15, -0.1) is 0 Å². The summed E-state index contributed by atoms with van der Waals surface area (Å²) < 4.78 is 34.8. The van der Waals surface area contributed by atoms with E-state index in [0.29, 0.717) is 55.0 Å².